The minimum Gasteiger partial charge on any atom is -0.378 e. The molecule has 3 heteroatoms. The lowest BCUT2D eigenvalue weighted by atomic mass is 9.77. The number of benzene rings is 2. The fourth-order valence-corrected chi connectivity index (χ4v) is 4.07. The second kappa shape index (κ2) is 5.82. The molecule has 2 aromatic carbocycles. The Bertz CT molecular complexity index is 824. The molecular formula is C21H22N2O. The molecule has 0 bridgehead atoms. The number of allylic oxidation sites excluding steroid dienone is 2. The molecule has 24 heavy (non-hydrogen) atoms. The Balaban J connectivity index is 1.73. The van der Waals surface area contributed by atoms with Gasteiger partial charge < -0.3 is 10.6 Å². The molecule has 2 aromatic rings. The highest BCUT2D eigenvalue weighted by Crippen LogP contribution is 2.50. The van der Waals surface area contributed by atoms with E-state index in [0.29, 0.717) is 17.9 Å². The smallest absolute Gasteiger partial charge is 0.221 e. The van der Waals surface area contributed by atoms with E-state index in [0.717, 1.165) is 12.1 Å². The number of carbonyl (C=O) groups excluding carboxylic acids is 1. The van der Waals surface area contributed by atoms with E-state index in [9.17, 15) is 4.79 Å². The Labute approximate surface area is 142 Å². The lowest BCUT2D eigenvalue weighted by Crippen LogP contribution is -2.29. The Kier molecular flexibility index (Phi) is 3.64. The van der Waals surface area contributed by atoms with E-state index in [2.05, 4.69) is 66.1 Å². The highest BCUT2D eigenvalue weighted by molar-refractivity contribution is 5.89. The maximum atomic E-state index is 11.3. The summed E-state index contributed by atoms with van der Waals surface area (Å²) in [5.41, 5.74) is 5.97. The third kappa shape index (κ3) is 2.60. The molecule has 0 radical (unpaired) electrons. The van der Waals surface area contributed by atoms with Gasteiger partial charge in [-0.05, 0) is 48.6 Å². The molecule has 3 atom stereocenters. The van der Waals surface area contributed by atoms with Gasteiger partial charge in [-0.3, -0.25) is 4.79 Å². The molecule has 0 fully saturated rings. The van der Waals surface area contributed by atoms with Gasteiger partial charge in [0.2, 0.25) is 5.91 Å². The summed E-state index contributed by atoms with van der Waals surface area (Å²) in [5.74, 6) is 0.891. The number of fused-ring (bicyclic) bond motifs is 3. The van der Waals surface area contributed by atoms with Crippen LogP contribution in [0.15, 0.2) is 54.6 Å². The van der Waals surface area contributed by atoms with Crippen LogP contribution < -0.4 is 10.6 Å². The molecule has 1 aliphatic carbocycles. The number of nitrogens with one attached hydrogen (secondary N) is 2. The normalized spacial score (nSPS) is 24.0. The van der Waals surface area contributed by atoms with Gasteiger partial charge in [0.25, 0.3) is 0 Å². The van der Waals surface area contributed by atoms with E-state index in [4.69, 9.17) is 0 Å². The molecule has 3 nitrogen and oxygen atoms in total. The maximum Gasteiger partial charge on any atom is 0.221 e. The minimum absolute atomic E-state index is 0.0325. The SMILES string of the molecule is CC(=O)Nc1ccc2c(c1)C1C=CCC1C(c1cccc(C)c1)N2. The molecule has 3 unspecified atom stereocenters. The van der Waals surface area contributed by atoms with Crippen molar-refractivity contribution in [3.05, 3.63) is 71.3 Å². The fraction of sp³-hybridized carbons (Fsp3) is 0.286. The van der Waals surface area contributed by atoms with Gasteiger partial charge in [-0.25, -0.2) is 0 Å². The van der Waals surface area contributed by atoms with E-state index in [1.807, 2.05) is 6.07 Å². The van der Waals surface area contributed by atoms with Crippen LogP contribution in [0.4, 0.5) is 11.4 Å². The van der Waals surface area contributed by atoms with Crippen LogP contribution in [0.3, 0.4) is 0 Å². The first-order chi connectivity index (χ1) is 11.6. The zero-order chi connectivity index (χ0) is 16.7. The van der Waals surface area contributed by atoms with Crippen molar-refractivity contribution in [2.45, 2.75) is 32.2 Å². The summed E-state index contributed by atoms with van der Waals surface area (Å²) in [6.45, 7) is 3.69. The molecule has 0 spiro atoms. The molecule has 1 amide bonds. The van der Waals surface area contributed by atoms with Crippen LogP contribution in [-0.4, -0.2) is 5.91 Å². The Morgan fingerprint density at radius 2 is 2.08 bits per heavy atom. The Hall–Kier alpha value is -2.55. The highest BCUT2D eigenvalue weighted by atomic mass is 16.1. The number of aryl methyl sites for hydroxylation is 1. The first kappa shape index (κ1) is 15.0. The number of amides is 1. The standard InChI is InChI=1S/C21H22N2O/c1-13-5-3-6-15(11-13)21-18-8-4-7-17(18)19-12-16(22-14(2)24)9-10-20(19)23-21/h3-7,9-12,17-18,21,23H,8H2,1-2H3,(H,22,24). The zero-order valence-corrected chi connectivity index (χ0v) is 14.0. The molecule has 122 valence electrons. The van der Waals surface area contributed by atoms with Crippen molar-refractivity contribution in [1.29, 1.82) is 0 Å². The van der Waals surface area contributed by atoms with Gasteiger partial charge in [0.15, 0.2) is 0 Å². The molecule has 1 heterocycles. The molecule has 4 rings (SSSR count). The van der Waals surface area contributed by atoms with Gasteiger partial charge in [0.05, 0.1) is 6.04 Å². The minimum atomic E-state index is -0.0325. The molecule has 2 N–H and O–H groups in total. The molecule has 1 aliphatic heterocycles. The highest BCUT2D eigenvalue weighted by Gasteiger charge is 2.37. The number of hydrogen-bond acceptors (Lipinski definition) is 2. The molecular weight excluding hydrogens is 296 g/mol. The quantitative estimate of drug-likeness (QED) is 0.782. The van der Waals surface area contributed by atoms with Gasteiger partial charge >= 0.3 is 0 Å². The van der Waals surface area contributed by atoms with Gasteiger partial charge in [-0.2, -0.15) is 0 Å². The van der Waals surface area contributed by atoms with E-state index in [-0.39, 0.29) is 5.91 Å². The van der Waals surface area contributed by atoms with E-state index >= 15 is 0 Å². The van der Waals surface area contributed by atoms with Gasteiger partial charge in [0.1, 0.15) is 0 Å². The summed E-state index contributed by atoms with van der Waals surface area (Å²) < 4.78 is 0. The lowest BCUT2D eigenvalue weighted by molar-refractivity contribution is -0.114. The van der Waals surface area contributed by atoms with Crippen LogP contribution in [0.1, 0.15) is 42.0 Å². The van der Waals surface area contributed by atoms with Crippen molar-refractivity contribution < 1.29 is 4.79 Å². The fourth-order valence-electron chi connectivity index (χ4n) is 4.07. The second-order valence-corrected chi connectivity index (χ2v) is 6.87. The molecule has 0 aromatic heterocycles. The summed E-state index contributed by atoms with van der Waals surface area (Å²) in [7, 11) is 0. The average molecular weight is 318 g/mol. The Morgan fingerprint density at radius 1 is 1.21 bits per heavy atom. The van der Waals surface area contributed by atoms with Gasteiger partial charge in [-0.1, -0.05) is 42.0 Å². The monoisotopic (exact) mass is 318 g/mol. The van der Waals surface area contributed by atoms with Crippen molar-refractivity contribution in [2.75, 3.05) is 10.6 Å². The first-order valence-electron chi connectivity index (χ1n) is 8.53. The number of hydrogen-bond donors (Lipinski definition) is 2. The summed E-state index contributed by atoms with van der Waals surface area (Å²) in [6, 6.07) is 15.3. The van der Waals surface area contributed by atoms with Crippen LogP contribution in [0.2, 0.25) is 0 Å². The van der Waals surface area contributed by atoms with Crippen LogP contribution in [-0.2, 0) is 4.79 Å². The Morgan fingerprint density at radius 3 is 2.88 bits per heavy atom. The van der Waals surface area contributed by atoms with E-state index in [1.54, 1.807) is 6.92 Å². The maximum absolute atomic E-state index is 11.3. The van der Waals surface area contributed by atoms with Gasteiger partial charge in [-0.15, -0.1) is 0 Å². The number of carbonyl (C=O) groups is 1. The lowest BCUT2D eigenvalue weighted by Gasteiger charge is -2.38. The van der Waals surface area contributed by atoms with Crippen molar-refractivity contribution in [3.63, 3.8) is 0 Å². The van der Waals surface area contributed by atoms with Crippen molar-refractivity contribution >= 4 is 17.3 Å². The van der Waals surface area contributed by atoms with Crippen LogP contribution in [0, 0.1) is 12.8 Å². The molecule has 2 aliphatic rings. The molecule has 0 saturated carbocycles. The zero-order valence-electron chi connectivity index (χ0n) is 14.0. The van der Waals surface area contributed by atoms with Crippen LogP contribution in [0.25, 0.3) is 0 Å². The summed E-state index contributed by atoms with van der Waals surface area (Å²) in [5, 5.41) is 6.63. The van der Waals surface area contributed by atoms with Crippen molar-refractivity contribution in [1.82, 2.24) is 0 Å². The summed E-state index contributed by atoms with van der Waals surface area (Å²) in [4.78, 5) is 11.3. The third-order valence-electron chi connectivity index (χ3n) is 5.08. The third-order valence-corrected chi connectivity index (χ3v) is 5.08. The second-order valence-electron chi connectivity index (χ2n) is 6.87. The first-order valence-corrected chi connectivity index (χ1v) is 8.53. The molecule has 0 saturated heterocycles. The van der Waals surface area contributed by atoms with Crippen LogP contribution in [0.5, 0.6) is 0 Å². The summed E-state index contributed by atoms with van der Waals surface area (Å²) >= 11 is 0. The number of anilines is 2. The number of rotatable bonds is 2. The predicted molar refractivity (Wildman–Crippen MR) is 98.3 cm³/mol. The van der Waals surface area contributed by atoms with E-state index in [1.165, 1.54) is 22.4 Å². The summed E-state index contributed by atoms with van der Waals surface area (Å²) in [6.07, 6.45) is 5.70. The van der Waals surface area contributed by atoms with Crippen molar-refractivity contribution in [3.8, 4) is 0 Å². The van der Waals surface area contributed by atoms with Gasteiger partial charge in [0, 0.05) is 24.2 Å². The van der Waals surface area contributed by atoms with Crippen LogP contribution >= 0.6 is 0 Å². The topological polar surface area (TPSA) is 41.1 Å². The average Bonchev–Trinajstić information content (AvgIpc) is 3.03. The largest absolute Gasteiger partial charge is 0.378 e. The predicted octanol–water partition coefficient (Wildman–Crippen LogP) is 4.78. The van der Waals surface area contributed by atoms with E-state index < -0.39 is 0 Å². The van der Waals surface area contributed by atoms with Crippen molar-refractivity contribution in [2.24, 2.45) is 5.92 Å².